The molecule has 1 heterocycles. The molecule has 20 heavy (non-hydrogen) atoms. The van der Waals surface area contributed by atoms with Crippen molar-refractivity contribution in [3.63, 3.8) is 0 Å². The molecule has 0 spiro atoms. The van der Waals surface area contributed by atoms with Gasteiger partial charge in [0.15, 0.2) is 0 Å². The van der Waals surface area contributed by atoms with Crippen LogP contribution in [0.5, 0.6) is 0 Å². The Balaban J connectivity index is 1.82. The van der Waals surface area contributed by atoms with Crippen molar-refractivity contribution in [1.82, 2.24) is 4.98 Å². The Morgan fingerprint density at radius 1 is 1.45 bits per heavy atom. The van der Waals surface area contributed by atoms with Crippen LogP contribution in [0.15, 0.2) is 34.8 Å². The van der Waals surface area contributed by atoms with Gasteiger partial charge in [0.25, 0.3) is 0 Å². The average molecular weight is 334 g/mol. The van der Waals surface area contributed by atoms with Crippen molar-refractivity contribution in [1.29, 1.82) is 0 Å². The molecule has 104 valence electrons. The predicted molar refractivity (Wildman–Crippen MR) is 81.0 cm³/mol. The molecule has 1 atom stereocenters. The summed E-state index contributed by atoms with van der Waals surface area (Å²) in [5.41, 5.74) is 4.34. The molecule has 0 bridgehead atoms. The van der Waals surface area contributed by atoms with Crippen LogP contribution in [0.2, 0.25) is 0 Å². The molecular formula is C16H16BrNO2. The molecule has 0 saturated heterocycles. The van der Waals surface area contributed by atoms with E-state index in [2.05, 4.69) is 39.1 Å². The van der Waals surface area contributed by atoms with E-state index < -0.39 is 0 Å². The van der Waals surface area contributed by atoms with Crippen molar-refractivity contribution >= 4 is 21.9 Å². The van der Waals surface area contributed by atoms with Crippen molar-refractivity contribution in [2.45, 2.75) is 25.2 Å². The molecule has 1 aliphatic carbocycles. The third-order valence-corrected chi connectivity index (χ3v) is 4.39. The Hall–Kier alpha value is -1.55. The number of hydrogen-bond acceptors (Lipinski definition) is 2. The van der Waals surface area contributed by atoms with Gasteiger partial charge >= 0.3 is 5.97 Å². The number of aromatic nitrogens is 1. The molecule has 1 unspecified atom stereocenters. The number of carbonyl (C=O) groups is 1. The fourth-order valence-corrected chi connectivity index (χ4v) is 3.39. The Morgan fingerprint density at radius 3 is 3.05 bits per heavy atom. The Bertz CT molecular complexity index is 648. The molecule has 0 saturated carbocycles. The highest BCUT2D eigenvalue weighted by molar-refractivity contribution is 9.10. The fourth-order valence-electron chi connectivity index (χ4n) is 2.94. The molecule has 0 fully saturated rings. The molecule has 2 aromatic rings. The lowest BCUT2D eigenvalue weighted by Crippen LogP contribution is -2.02. The van der Waals surface area contributed by atoms with Crippen molar-refractivity contribution in [2.24, 2.45) is 0 Å². The molecule has 1 N–H and O–H groups in total. The minimum Gasteiger partial charge on any atom is -0.464 e. The van der Waals surface area contributed by atoms with Crippen LogP contribution < -0.4 is 0 Å². The zero-order valence-corrected chi connectivity index (χ0v) is 12.9. The number of aryl methyl sites for hydroxylation is 1. The number of methoxy groups -OCH3 is 1. The monoisotopic (exact) mass is 333 g/mol. The highest BCUT2D eigenvalue weighted by Crippen LogP contribution is 2.36. The first kappa shape index (κ1) is 13.4. The molecule has 3 rings (SSSR count). The van der Waals surface area contributed by atoms with Gasteiger partial charge in [0, 0.05) is 10.2 Å². The van der Waals surface area contributed by atoms with Crippen LogP contribution in [0.4, 0.5) is 0 Å². The van der Waals surface area contributed by atoms with Gasteiger partial charge in [-0.1, -0.05) is 28.1 Å². The summed E-state index contributed by atoms with van der Waals surface area (Å²) in [6.07, 6.45) is 3.14. The minimum absolute atomic E-state index is 0.291. The van der Waals surface area contributed by atoms with Crippen molar-refractivity contribution in [3.05, 3.63) is 57.3 Å². The lowest BCUT2D eigenvalue weighted by Gasteiger charge is -2.10. The number of rotatable bonds is 3. The number of fused-ring (bicyclic) bond motifs is 1. The topological polar surface area (TPSA) is 42.1 Å². The maximum Gasteiger partial charge on any atom is 0.354 e. The summed E-state index contributed by atoms with van der Waals surface area (Å²) in [5.74, 6) is 0.189. The number of benzene rings is 1. The van der Waals surface area contributed by atoms with Crippen molar-refractivity contribution < 1.29 is 9.53 Å². The van der Waals surface area contributed by atoms with Crippen molar-refractivity contribution in [2.75, 3.05) is 7.11 Å². The maximum atomic E-state index is 11.6. The lowest BCUT2D eigenvalue weighted by atomic mass is 9.95. The summed E-state index contributed by atoms with van der Waals surface area (Å²) in [6, 6.07) is 10.4. The number of ether oxygens (including phenoxy) is 1. The number of hydrogen-bond donors (Lipinski definition) is 1. The first-order valence-electron chi connectivity index (χ1n) is 6.72. The number of H-pyrrole nitrogens is 1. The summed E-state index contributed by atoms with van der Waals surface area (Å²) in [6.45, 7) is 0. The maximum absolute atomic E-state index is 11.6. The third-order valence-electron chi connectivity index (χ3n) is 3.89. The van der Waals surface area contributed by atoms with Gasteiger partial charge in [-0.05, 0) is 54.5 Å². The minimum atomic E-state index is -0.291. The smallest absolute Gasteiger partial charge is 0.354 e. The van der Waals surface area contributed by atoms with E-state index in [1.165, 1.54) is 23.9 Å². The molecular weight excluding hydrogens is 318 g/mol. The van der Waals surface area contributed by atoms with E-state index in [1.807, 2.05) is 12.1 Å². The normalized spacial score (nSPS) is 17.0. The summed E-state index contributed by atoms with van der Waals surface area (Å²) >= 11 is 3.51. The fraction of sp³-hybridized carbons (Fsp3) is 0.312. The summed E-state index contributed by atoms with van der Waals surface area (Å²) in [4.78, 5) is 14.8. The number of esters is 1. The number of carbonyl (C=O) groups excluding carboxylic acids is 1. The predicted octanol–water partition coefficient (Wildman–Crippen LogP) is 3.84. The molecule has 1 aliphatic rings. The second kappa shape index (κ2) is 5.44. The van der Waals surface area contributed by atoms with E-state index in [0.717, 1.165) is 23.7 Å². The van der Waals surface area contributed by atoms with Crippen LogP contribution in [0.1, 0.15) is 39.6 Å². The van der Waals surface area contributed by atoms with E-state index in [0.29, 0.717) is 11.6 Å². The van der Waals surface area contributed by atoms with Crippen LogP contribution in [-0.4, -0.2) is 18.1 Å². The van der Waals surface area contributed by atoms with Gasteiger partial charge in [0.2, 0.25) is 0 Å². The first-order valence-corrected chi connectivity index (χ1v) is 7.51. The van der Waals surface area contributed by atoms with Gasteiger partial charge in [0.05, 0.1) is 7.11 Å². The van der Waals surface area contributed by atoms with Crippen LogP contribution in [-0.2, 0) is 17.6 Å². The van der Waals surface area contributed by atoms with Crippen LogP contribution in [0.3, 0.4) is 0 Å². The average Bonchev–Trinajstić information content (AvgIpc) is 3.00. The van der Waals surface area contributed by atoms with Crippen molar-refractivity contribution in [3.8, 4) is 0 Å². The highest BCUT2D eigenvalue weighted by Gasteiger charge is 2.26. The lowest BCUT2D eigenvalue weighted by molar-refractivity contribution is 0.0594. The molecule has 1 aromatic carbocycles. The zero-order chi connectivity index (χ0) is 14.1. The molecule has 0 aliphatic heterocycles. The van der Waals surface area contributed by atoms with Crippen LogP contribution in [0.25, 0.3) is 0 Å². The standard InChI is InChI=1S/C16H16BrNO2/c1-20-16(19)15-9-13-11(5-6-14(13)18-15)7-10-3-2-4-12(17)8-10/h2-4,8-9,11,18H,5-7H2,1H3. The molecule has 3 nitrogen and oxygen atoms in total. The largest absolute Gasteiger partial charge is 0.464 e. The SMILES string of the molecule is COC(=O)c1cc2c([nH]1)CCC2Cc1cccc(Br)c1. The molecule has 0 radical (unpaired) electrons. The number of halogens is 1. The summed E-state index contributed by atoms with van der Waals surface area (Å²) < 4.78 is 5.87. The van der Waals surface area contributed by atoms with E-state index >= 15 is 0 Å². The zero-order valence-electron chi connectivity index (χ0n) is 11.3. The van der Waals surface area contributed by atoms with Crippen LogP contribution >= 0.6 is 15.9 Å². The number of aromatic amines is 1. The molecule has 0 amide bonds. The number of nitrogens with one attached hydrogen (secondary N) is 1. The molecule has 1 aromatic heterocycles. The summed E-state index contributed by atoms with van der Waals surface area (Å²) in [5, 5.41) is 0. The Morgan fingerprint density at radius 2 is 2.30 bits per heavy atom. The van der Waals surface area contributed by atoms with Gasteiger partial charge in [-0.2, -0.15) is 0 Å². The van der Waals surface area contributed by atoms with E-state index in [-0.39, 0.29) is 5.97 Å². The van der Waals surface area contributed by atoms with E-state index in [1.54, 1.807) is 0 Å². The van der Waals surface area contributed by atoms with Gasteiger partial charge in [0.1, 0.15) is 5.69 Å². The van der Waals surface area contributed by atoms with Gasteiger partial charge in [-0.15, -0.1) is 0 Å². The first-order chi connectivity index (χ1) is 9.67. The summed E-state index contributed by atoms with van der Waals surface area (Å²) in [7, 11) is 1.41. The van der Waals surface area contributed by atoms with E-state index in [9.17, 15) is 4.79 Å². The van der Waals surface area contributed by atoms with Gasteiger partial charge < -0.3 is 9.72 Å². The second-order valence-corrected chi connectivity index (χ2v) is 6.09. The van der Waals surface area contributed by atoms with E-state index in [4.69, 9.17) is 4.74 Å². The highest BCUT2D eigenvalue weighted by atomic mass is 79.9. The quantitative estimate of drug-likeness (QED) is 0.867. The Kier molecular flexibility index (Phi) is 3.66. The van der Waals surface area contributed by atoms with Crippen LogP contribution in [0, 0.1) is 0 Å². The Labute approximate surface area is 126 Å². The van der Waals surface area contributed by atoms with Gasteiger partial charge in [-0.3, -0.25) is 0 Å². The van der Waals surface area contributed by atoms with Gasteiger partial charge in [-0.25, -0.2) is 4.79 Å². The molecule has 4 heteroatoms. The second-order valence-electron chi connectivity index (χ2n) is 5.18. The third kappa shape index (κ3) is 2.52.